The monoisotopic (exact) mass is 205 g/mol. The van der Waals surface area contributed by atoms with Gasteiger partial charge in [0.2, 0.25) is 0 Å². The van der Waals surface area contributed by atoms with Crippen LogP contribution in [0.4, 0.5) is 5.69 Å². The molecule has 1 aromatic heterocycles. The molecule has 1 aromatic rings. The number of rotatable bonds is 2. The maximum absolute atomic E-state index is 5.69. The first-order chi connectivity index (χ1) is 5.65. The molecule has 0 aromatic carbocycles. The molecule has 1 heterocycles. The average Bonchev–Trinajstić information content (AvgIpc) is 2.01. The van der Waals surface area contributed by atoms with Gasteiger partial charge in [0.05, 0.1) is 0 Å². The van der Waals surface area contributed by atoms with Crippen molar-refractivity contribution in [2.24, 2.45) is 0 Å². The molecule has 0 saturated carbocycles. The number of hydrogen-bond donors (Lipinski definition) is 1. The third-order valence-corrected chi connectivity index (χ3v) is 1.95. The molecule has 1 rings (SSSR count). The normalized spacial score (nSPS) is 10.2. The van der Waals surface area contributed by atoms with Crippen LogP contribution in [0.25, 0.3) is 0 Å². The van der Waals surface area contributed by atoms with Crippen molar-refractivity contribution in [1.29, 1.82) is 0 Å². The second-order valence-corrected chi connectivity index (χ2v) is 3.10. The minimum atomic E-state index is 0.235. The number of anilines is 1. The van der Waals surface area contributed by atoms with Crippen molar-refractivity contribution < 1.29 is 0 Å². The van der Waals surface area contributed by atoms with Crippen molar-refractivity contribution in [3.8, 4) is 0 Å². The fourth-order valence-corrected chi connectivity index (χ4v) is 1.22. The van der Waals surface area contributed by atoms with Gasteiger partial charge in [0, 0.05) is 6.42 Å². The zero-order valence-electron chi connectivity index (χ0n) is 6.64. The van der Waals surface area contributed by atoms with Crippen molar-refractivity contribution in [3.63, 3.8) is 0 Å². The SMILES string of the molecule is CCCc1nc(Cl)c(N)c(Cl)n1. The van der Waals surface area contributed by atoms with Crippen molar-refractivity contribution in [1.82, 2.24) is 9.97 Å². The van der Waals surface area contributed by atoms with Gasteiger partial charge in [-0.15, -0.1) is 0 Å². The molecule has 0 fully saturated rings. The largest absolute Gasteiger partial charge is 0.394 e. The zero-order valence-corrected chi connectivity index (χ0v) is 8.15. The van der Waals surface area contributed by atoms with Crippen LogP contribution < -0.4 is 5.73 Å². The molecule has 0 atom stereocenters. The number of hydrogen-bond acceptors (Lipinski definition) is 3. The Morgan fingerprint density at radius 1 is 1.25 bits per heavy atom. The van der Waals surface area contributed by atoms with Gasteiger partial charge in [-0.1, -0.05) is 30.1 Å². The molecule has 12 heavy (non-hydrogen) atoms. The molecule has 66 valence electrons. The van der Waals surface area contributed by atoms with Gasteiger partial charge < -0.3 is 5.73 Å². The Kier molecular flexibility index (Phi) is 3.12. The Labute approximate surface area is 80.9 Å². The molecule has 3 nitrogen and oxygen atoms in total. The maximum atomic E-state index is 5.69. The van der Waals surface area contributed by atoms with Crippen LogP contribution >= 0.6 is 23.2 Å². The fourth-order valence-electron chi connectivity index (χ4n) is 0.793. The first-order valence-electron chi connectivity index (χ1n) is 3.62. The summed E-state index contributed by atoms with van der Waals surface area (Å²) in [6.07, 6.45) is 1.72. The van der Waals surface area contributed by atoms with Crippen LogP contribution in [0.5, 0.6) is 0 Å². The van der Waals surface area contributed by atoms with Gasteiger partial charge in [0.1, 0.15) is 11.5 Å². The lowest BCUT2D eigenvalue weighted by Crippen LogP contribution is -2.00. The lowest BCUT2D eigenvalue weighted by atomic mass is 10.3. The summed E-state index contributed by atoms with van der Waals surface area (Å²) in [6.45, 7) is 2.03. The van der Waals surface area contributed by atoms with E-state index in [1.165, 1.54) is 0 Å². The molecule has 0 saturated heterocycles. The van der Waals surface area contributed by atoms with Crippen molar-refractivity contribution in [3.05, 3.63) is 16.1 Å². The highest BCUT2D eigenvalue weighted by Crippen LogP contribution is 2.23. The molecule has 0 bridgehead atoms. The number of halogens is 2. The van der Waals surface area contributed by atoms with Crippen LogP contribution in [0.2, 0.25) is 10.3 Å². The molecule has 0 spiro atoms. The van der Waals surface area contributed by atoms with Crippen molar-refractivity contribution in [2.75, 3.05) is 5.73 Å². The third kappa shape index (κ3) is 1.99. The Morgan fingerprint density at radius 2 is 1.75 bits per heavy atom. The Morgan fingerprint density at radius 3 is 2.17 bits per heavy atom. The predicted octanol–water partition coefficient (Wildman–Crippen LogP) is 2.32. The van der Waals surface area contributed by atoms with Gasteiger partial charge >= 0.3 is 0 Å². The summed E-state index contributed by atoms with van der Waals surface area (Å²) < 4.78 is 0. The molecule has 2 N–H and O–H groups in total. The number of nitrogens with zero attached hydrogens (tertiary/aromatic N) is 2. The van der Waals surface area contributed by atoms with E-state index in [1.807, 2.05) is 6.92 Å². The van der Waals surface area contributed by atoms with Crippen LogP contribution in [0, 0.1) is 0 Å². The summed E-state index contributed by atoms with van der Waals surface area (Å²) in [4.78, 5) is 7.94. The van der Waals surface area contributed by atoms with E-state index in [0.717, 1.165) is 12.8 Å². The van der Waals surface area contributed by atoms with E-state index in [1.54, 1.807) is 0 Å². The first kappa shape index (κ1) is 9.55. The molecule has 5 heteroatoms. The molecule has 0 radical (unpaired) electrons. The standard InChI is InChI=1S/C7H9Cl2N3/c1-2-3-4-11-6(8)5(10)7(9)12-4/h2-3,10H2,1H3. The Balaban J connectivity index is 3.04. The first-order valence-corrected chi connectivity index (χ1v) is 4.38. The maximum Gasteiger partial charge on any atom is 0.157 e. The second-order valence-electron chi connectivity index (χ2n) is 2.39. The third-order valence-electron chi connectivity index (χ3n) is 1.37. The molecular weight excluding hydrogens is 197 g/mol. The summed E-state index contributed by atoms with van der Waals surface area (Å²) in [6, 6.07) is 0. The van der Waals surface area contributed by atoms with Crippen LogP contribution in [0.1, 0.15) is 19.2 Å². The lowest BCUT2D eigenvalue weighted by Gasteiger charge is -2.02. The minimum absolute atomic E-state index is 0.235. The molecule has 0 aliphatic heterocycles. The molecule has 0 amide bonds. The van der Waals surface area contributed by atoms with Gasteiger partial charge in [-0.05, 0) is 6.42 Å². The lowest BCUT2D eigenvalue weighted by molar-refractivity contribution is 0.836. The zero-order chi connectivity index (χ0) is 9.14. The summed E-state index contributed by atoms with van der Waals surface area (Å²) in [5, 5.41) is 0.469. The van der Waals surface area contributed by atoms with E-state index in [-0.39, 0.29) is 16.0 Å². The highest BCUT2D eigenvalue weighted by atomic mass is 35.5. The van der Waals surface area contributed by atoms with Gasteiger partial charge in [-0.2, -0.15) is 0 Å². The molecule has 0 unspecified atom stereocenters. The van der Waals surface area contributed by atoms with Crippen LogP contribution in [-0.4, -0.2) is 9.97 Å². The Hall–Kier alpha value is -0.540. The average molecular weight is 206 g/mol. The van der Waals surface area contributed by atoms with Gasteiger partial charge in [-0.25, -0.2) is 9.97 Å². The van der Waals surface area contributed by atoms with E-state index in [2.05, 4.69) is 9.97 Å². The smallest absolute Gasteiger partial charge is 0.157 e. The topological polar surface area (TPSA) is 51.8 Å². The summed E-state index contributed by atoms with van der Waals surface area (Å²) >= 11 is 11.4. The molecular formula is C7H9Cl2N3. The van der Waals surface area contributed by atoms with Gasteiger partial charge in [-0.3, -0.25) is 0 Å². The summed E-state index contributed by atoms with van der Waals surface area (Å²) in [5.41, 5.74) is 5.71. The molecule has 0 aliphatic carbocycles. The van der Waals surface area contributed by atoms with E-state index in [0.29, 0.717) is 5.82 Å². The second kappa shape index (κ2) is 3.92. The van der Waals surface area contributed by atoms with Crippen LogP contribution in [0.15, 0.2) is 0 Å². The molecule has 0 aliphatic rings. The summed E-state index contributed by atoms with van der Waals surface area (Å²) in [5.74, 6) is 0.640. The van der Waals surface area contributed by atoms with Gasteiger partial charge in [0.25, 0.3) is 0 Å². The predicted molar refractivity (Wildman–Crippen MR) is 50.5 cm³/mol. The highest BCUT2D eigenvalue weighted by Gasteiger charge is 2.06. The van der Waals surface area contributed by atoms with E-state index < -0.39 is 0 Å². The number of nitrogen functional groups attached to an aromatic ring is 1. The van der Waals surface area contributed by atoms with Crippen LogP contribution in [-0.2, 0) is 6.42 Å². The number of aromatic nitrogens is 2. The van der Waals surface area contributed by atoms with E-state index in [9.17, 15) is 0 Å². The highest BCUT2D eigenvalue weighted by molar-refractivity contribution is 6.37. The van der Waals surface area contributed by atoms with Crippen LogP contribution in [0.3, 0.4) is 0 Å². The van der Waals surface area contributed by atoms with Crippen molar-refractivity contribution >= 4 is 28.9 Å². The minimum Gasteiger partial charge on any atom is -0.394 e. The van der Waals surface area contributed by atoms with Gasteiger partial charge in [0.15, 0.2) is 10.3 Å². The Bertz CT molecular complexity index is 265. The van der Waals surface area contributed by atoms with Crippen molar-refractivity contribution in [2.45, 2.75) is 19.8 Å². The van der Waals surface area contributed by atoms with E-state index in [4.69, 9.17) is 28.9 Å². The van der Waals surface area contributed by atoms with E-state index >= 15 is 0 Å². The summed E-state index contributed by atoms with van der Waals surface area (Å²) in [7, 11) is 0. The quantitative estimate of drug-likeness (QED) is 0.755. The fraction of sp³-hybridized carbons (Fsp3) is 0.429. The number of nitrogens with two attached hydrogens (primary N) is 1. The number of aryl methyl sites for hydroxylation is 1.